The molecule has 1 atom stereocenters. The second kappa shape index (κ2) is 7.42. The number of para-hydroxylation sites is 1. The van der Waals surface area contributed by atoms with Crippen LogP contribution in [0.15, 0.2) is 36.5 Å². The van der Waals surface area contributed by atoms with Crippen molar-refractivity contribution in [3.05, 3.63) is 47.8 Å². The van der Waals surface area contributed by atoms with Crippen molar-refractivity contribution in [1.29, 1.82) is 0 Å². The number of nitrogens with zero attached hydrogens (tertiary/aromatic N) is 2. The van der Waals surface area contributed by atoms with Gasteiger partial charge in [-0.1, -0.05) is 18.2 Å². The summed E-state index contributed by atoms with van der Waals surface area (Å²) in [5.41, 5.74) is 2.46. The molecule has 0 aliphatic carbocycles. The van der Waals surface area contributed by atoms with Crippen LogP contribution in [0.5, 0.6) is 0 Å². The Hall–Kier alpha value is -1.85. The van der Waals surface area contributed by atoms with Gasteiger partial charge in [0.2, 0.25) is 0 Å². The Morgan fingerprint density at radius 3 is 2.86 bits per heavy atom. The summed E-state index contributed by atoms with van der Waals surface area (Å²) in [6.07, 6.45) is 3.95. The lowest BCUT2D eigenvalue weighted by Gasteiger charge is -2.11. The van der Waals surface area contributed by atoms with E-state index in [1.165, 1.54) is 6.42 Å². The summed E-state index contributed by atoms with van der Waals surface area (Å²) in [5, 5.41) is 10.7. The monoisotopic (exact) mass is 320 g/mol. The van der Waals surface area contributed by atoms with Crippen molar-refractivity contribution in [3.63, 3.8) is 0 Å². The average molecular weight is 321 g/mol. The summed E-state index contributed by atoms with van der Waals surface area (Å²) in [7, 11) is 0. The molecule has 1 aromatic heterocycles. The molecule has 118 valence electrons. The van der Waals surface area contributed by atoms with E-state index in [9.17, 15) is 4.79 Å². The van der Waals surface area contributed by atoms with Gasteiger partial charge in [0.05, 0.1) is 23.1 Å². The van der Waals surface area contributed by atoms with Crippen LogP contribution in [0.25, 0.3) is 5.69 Å². The number of halogens is 1. The van der Waals surface area contributed by atoms with Crippen molar-refractivity contribution in [2.45, 2.75) is 25.8 Å². The van der Waals surface area contributed by atoms with E-state index >= 15 is 0 Å². The zero-order valence-electron chi connectivity index (χ0n) is 12.6. The minimum Gasteiger partial charge on any atom is -0.350 e. The zero-order chi connectivity index (χ0) is 14.7. The third kappa shape index (κ3) is 3.48. The van der Waals surface area contributed by atoms with Crippen LogP contribution in [0, 0.1) is 6.92 Å². The predicted molar refractivity (Wildman–Crippen MR) is 88.9 cm³/mol. The fourth-order valence-corrected chi connectivity index (χ4v) is 2.70. The van der Waals surface area contributed by atoms with Gasteiger partial charge >= 0.3 is 0 Å². The van der Waals surface area contributed by atoms with Gasteiger partial charge in [0, 0.05) is 12.6 Å². The van der Waals surface area contributed by atoms with Crippen LogP contribution in [0.3, 0.4) is 0 Å². The molecule has 1 aromatic carbocycles. The number of nitrogens with one attached hydrogen (secondary N) is 2. The normalized spacial score (nSPS) is 17.0. The third-order valence-electron chi connectivity index (χ3n) is 3.93. The average Bonchev–Trinajstić information content (AvgIpc) is 3.15. The van der Waals surface area contributed by atoms with Crippen molar-refractivity contribution in [2.24, 2.45) is 0 Å². The largest absolute Gasteiger partial charge is 0.350 e. The highest BCUT2D eigenvalue weighted by Gasteiger charge is 2.18. The minimum atomic E-state index is -0.0524. The fourth-order valence-electron chi connectivity index (χ4n) is 2.70. The number of carbonyl (C=O) groups is 1. The molecule has 6 heteroatoms. The first-order chi connectivity index (χ1) is 10.3. The van der Waals surface area contributed by atoms with Crippen LogP contribution in [0.4, 0.5) is 0 Å². The number of benzene rings is 1. The van der Waals surface area contributed by atoms with Crippen molar-refractivity contribution >= 4 is 18.3 Å². The van der Waals surface area contributed by atoms with E-state index in [-0.39, 0.29) is 18.3 Å². The van der Waals surface area contributed by atoms with E-state index in [2.05, 4.69) is 15.7 Å². The van der Waals surface area contributed by atoms with E-state index in [1.807, 2.05) is 37.3 Å². The summed E-state index contributed by atoms with van der Waals surface area (Å²) in [6.45, 7) is 3.64. The smallest absolute Gasteiger partial charge is 0.254 e. The molecule has 1 aliphatic rings. The van der Waals surface area contributed by atoms with E-state index in [0.717, 1.165) is 24.3 Å². The SMILES string of the molecule is Cc1c(C(=O)NCC2CCCN2)cnn1-c1ccccc1.Cl. The van der Waals surface area contributed by atoms with Crippen LogP contribution in [0.1, 0.15) is 28.9 Å². The number of amides is 1. The molecule has 1 fully saturated rings. The second-order valence-electron chi connectivity index (χ2n) is 5.39. The summed E-state index contributed by atoms with van der Waals surface area (Å²) in [4.78, 5) is 12.3. The van der Waals surface area contributed by atoms with Gasteiger partial charge in [-0.15, -0.1) is 12.4 Å². The lowest BCUT2D eigenvalue weighted by Crippen LogP contribution is -2.37. The molecule has 22 heavy (non-hydrogen) atoms. The maximum Gasteiger partial charge on any atom is 0.254 e. The highest BCUT2D eigenvalue weighted by molar-refractivity contribution is 5.95. The summed E-state index contributed by atoms with van der Waals surface area (Å²) in [5.74, 6) is -0.0524. The number of rotatable bonds is 4. The predicted octanol–water partition coefficient (Wildman–Crippen LogP) is 2.08. The van der Waals surface area contributed by atoms with Crippen molar-refractivity contribution in [2.75, 3.05) is 13.1 Å². The summed E-state index contributed by atoms with van der Waals surface area (Å²) < 4.78 is 1.79. The van der Waals surface area contributed by atoms with Gasteiger partial charge in [0.25, 0.3) is 5.91 Å². The maximum absolute atomic E-state index is 12.3. The van der Waals surface area contributed by atoms with E-state index < -0.39 is 0 Å². The highest BCUT2D eigenvalue weighted by Crippen LogP contribution is 2.14. The van der Waals surface area contributed by atoms with Gasteiger partial charge in [-0.2, -0.15) is 5.10 Å². The molecular weight excluding hydrogens is 300 g/mol. The number of hydrogen-bond donors (Lipinski definition) is 2. The lowest BCUT2D eigenvalue weighted by molar-refractivity contribution is 0.0949. The van der Waals surface area contributed by atoms with E-state index in [0.29, 0.717) is 18.2 Å². The van der Waals surface area contributed by atoms with E-state index in [4.69, 9.17) is 0 Å². The standard InChI is InChI=1S/C16H20N4O.ClH/c1-12-15(16(21)18-10-13-6-5-9-17-13)11-19-20(12)14-7-3-2-4-8-14;/h2-4,7-8,11,13,17H,5-6,9-10H2,1H3,(H,18,21);1H. The molecule has 0 saturated carbocycles. The lowest BCUT2D eigenvalue weighted by atomic mass is 10.2. The van der Waals surface area contributed by atoms with E-state index in [1.54, 1.807) is 10.9 Å². The molecule has 5 nitrogen and oxygen atoms in total. The van der Waals surface area contributed by atoms with Gasteiger partial charge in [0.15, 0.2) is 0 Å². The molecule has 2 aromatic rings. The van der Waals surface area contributed by atoms with Crippen molar-refractivity contribution in [3.8, 4) is 5.69 Å². The van der Waals surface area contributed by atoms with Gasteiger partial charge in [0.1, 0.15) is 0 Å². The molecule has 2 N–H and O–H groups in total. The maximum atomic E-state index is 12.3. The molecular formula is C16H21ClN4O. The molecule has 1 saturated heterocycles. The number of carbonyl (C=O) groups excluding carboxylic acids is 1. The Morgan fingerprint density at radius 2 is 2.18 bits per heavy atom. The van der Waals surface area contributed by atoms with Crippen LogP contribution >= 0.6 is 12.4 Å². The zero-order valence-corrected chi connectivity index (χ0v) is 13.4. The molecule has 1 amide bonds. The molecule has 1 aliphatic heterocycles. The molecule has 0 spiro atoms. The number of hydrogen-bond acceptors (Lipinski definition) is 3. The summed E-state index contributed by atoms with van der Waals surface area (Å²) in [6, 6.07) is 10.2. The Bertz CT molecular complexity index is 620. The number of aromatic nitrogens is 2. The summed E-state index contributed by atoms with van der Waals surface area (Å²) >= 11 is 0. The fraction of sp³-hybridized carbons (Fsp3) is 0.375. The van der Waals surface area contributed by atoms with Crippen molar-refractivity contribution < 1.29 is 4.79 Å². The van der Waals surface area contributed by atoms with Crippen LogP contribution in [-0.4, -0.2) is 34.8 Å². The Morgan fingerprint density at radius 1 is 1.41 bits per heavy atom. The first-order valence-corrected chi connectivity index (χ1v) is 7.37. The first-order valence-electron chi connectivity index (χ1n) is 7.37. The topological polar surface area (TPSA) is 59.0 Å². The molecule has 2 heterocycles. The van der Waals surface area contributed by atoms with Crippen LogP contribution in [-0.2, 0) is 0 Å². The molecule has 0 radical (unpaired) electrons. The quantitative estimate of drug-likeness (QED) is 0.907. The van der Waals surface area contributed by atoms with Gasteiger partial charge in [-0.25, -0.2) is 4.68 Å². The molecule has 0 bridgehead atoms. The Balaban J connectivity index is 0.00000176. The van der Waals surface area contributed by atoms with Crippen molar-refractivity contribution in [1.82, 2.24) is 20.4 Å². The molecule has 3 rings (SSSR count). The van der Waals surface area contributed by atoms with Crippen LogP contribution < -0.4 is 10.6 Å². The second-order valence-corrected chi connectivity index (χ2v) is 5.39. The van der Waals surface area contributed by atoms with Gasteiger partial charge in [-0.05, 0) is 38.4 Å². The highest BCUT2D eigenvalue weighted by atomic mass is 35.5. The molecule has 1 unspecified atom stereocenters. The van der Waals surface area contributed by atoms with Gasteiger partial charge in [-0.3, -0.25) is 4.79 Å². The Kier molecular flexibility index (Phi) is 5.57. The third-order valence-corrected chi connectivity index (χ3v) is 3.93. The van der Waals surface area contributed by atoms with Gasteiger partial charge < -0.3 is 10.6 Å². The minimum absolute atomic E-state index is 0. The first kappa shape index (κ1) is 16.5. The Labute approximate surface area is 136 Å². The van der Waals surface area contributed by atoms with Crippen LogP contribution in [0.2, 0.25) is 0 Å².